The molecular weight excluding hydrogens is 290 g/mol. The summed E-state index contributed by atoms with van der Waals surface area (Å²) >= 11 is 1.11. The topological polar surface area (TPSA) is 101 Å². The number of fused-ring (bicyclic) bond motifs is 1. The van der Waals surface area contributed by atoms with Gasteiger partial charge in [-0.15, -0.1) is 11.8 Å². The number of aliphatic carboxylic acids is 2. The Bertz CT molecular complexity index is 674. The molecule has 0 aliphatic heterocycles. The lowest BCUT2D eigenvalue weighted by molar-refractivity contribution is -0.139. The zero-order chi connectivity index (χ0) is 15.4. The maximum Gasteiger partial charge on any atom is 0.320 e. The molecule has 2 atom stereocenters. The van der Waals surface area contributed by atoms with Gasteiger partial charge >= 0.3 is 11.9 Å². The van der Waals surface area contributed by atoms with Gasteiger partial charge < -0.3 is 15.9 Å². The molecule has 5 nitrogen and oxygen atoms in total. The average molecular weight is 305 g/mol. The Morgan fingerprint density at radius 2 is 1.71 bits per heavy atom. The van der Waals surface area contributed by atoms with Crippen molar-refractivity contribution in [3.8, 4) is 0 Å². The van der Waals surface area contributed by atoms with Gasteiger partial charge in [-0.05, 0) is 29.3 Å². The molecule has 0 spiro atoms. The van der Waals surface area contributed by atoms with Crippen molar-refractivity contribution in [1.82, 2.24) is 0 Å². The molecule has 4 N–H and O–H groups in total. The number of rotatable bonds is 6. The van der Waals surface area contributed by atoms with Gasteiger partial charge in [0.2, 0.25) is 0 Å². The number of nitrogens with two attached hydrogens (primary N) is 1. The zero-order valence-corrected chi connectivity index (χ0v) is 11.9. The third-order valence-corrected chi connectivity index (χ3v) is 4.26. The predicted octanol–water partition coefficient (Wildman–Crippen LogP) is 2.19. The largest absolute Gasteiger partial charge is 0.480 e. The summed E-state index contributed by atoms with van der Waals surface area (Å²) in [5, 5.41) is 19.2. The molecule has 0 aliphatic carbocycles. The van der Waals surface area contributed by atoms with E-state index in [1.54, 1.807) is 0 Å². The van der Waals surface area contributed by atoms with Gasteiger partial charge in [0.15, 0.2) is 0 Å². The Labute approximate surface area is 125 Å². The lowest BCUT2D eigenvalue weighted by atomic mass is 10.1. The quantitative estimate of drug-likeness (QED) is 0.707. The van der Waals surface area contributed by atoms with Crippen LogP contribution in [-0.4, -0.2) is 33.4 Å². The van der Waals surface area contributed by atoms with Gasteiger partial charge in [0, 0.05) is 4.90 Å². The second-order valence-electron chi connectivity index (χ2n) is 4.63. The average Bonchev–Trinajstić information content (AvgIpc) is 2.46. The molecule has 0 saturated heterocycles. The molecule has 2 aromatic rings. The number of hydrogen-bond donors (Lipinski definition) is 3. The van der Waals surface area contributed by atoms with Crippen LogP contribution >= 0.6 is 11.8 Å². The van der Waals surface area contributed by atoms with Crippen molar-refractivity contribution in [3.63, 3.8) is 0 Å². The molecule has 1 unspecified atom stereocenters. The van der Waals surface area contributed by atoms with Crippen molar-refractivity contribution in [2.24, 2.45) is 5.73 Å². The Hall–Kier alpha value is -2.05. The third kappa shape index (κ3) is 3.96. The second-order valence-corrected chi connectivity index (χ2v) is 5.91. The molecule has 0 saturated carbocycles. The molecule has 2 rings (SSSR count). The maximum atomic E-state index is 11.3. The first kappa shape index (κ1) is 15.3. The molecule has 0 aliphatic rings. The van der Waals surface area contributed by atoms with Crippen molar-refractivity contribution in [2.75, 3.05) is 0 Å². The van der Waals surface area contributed by atoms with Crippen LogP contribution < -0.4 is 5.73 Å². The van der Waals surface area contributed by atoms with E-state index in [9.17, 15) is 14.7 Å². The summed E-state index contributed by atoms with van der Waals surface area (Å²) in [6, 6.07) is 12.2. The van der Waals surface area contributed by atoms with E-state index in [0.717, 1.165) is 27.4 Å². The Morgan fingerprint density at radius 1 is 1.05 bits per heavy atom. The van der Waals surface area contributed by atoms with Crippen molar-refractivity contribution in [2.45, 2.75) is 22.6 Å². The minimum absolute atomic E-state index is 0.123. The highest BCUT2D eigenvalue weighted by molar-refractivity contribution is 8.00. The standard InChI is InChI=1S/C15H15NO4S/c16-12(14(17)18)8-13(15(19)20)21-11-6-5-9-3-1-2-4-10(9)7-11/h1-7,12-13H,8,16H2,(H,17,18)(H,19,20)/t12-,13?/m0/s1. The summed E-state index contributed by atoms with van der Waals surface area (Å²) in [6.45, 7) is 0. The van der Waals surface area contributed by atoms with Gasteiger partial charge in [-0.2, -0.15) is 0 Å². The molecule has 0 aromatic heterocycles. The molecule has 21 heavy (non-hydrogen) atoms. The summed E-state index contributed by atoms with van der Waals surface area (Å²) in [4.78, 5) is 22.8. The van der Waals surface area contributed by atoms with E-state index in [2.05, 4.69) is 0 Å². The first-order valence-electron chi connectivity index (χ1n) is 6.34. The van der Waals surface area contributed by atoms with Crippen LogP contribution in [0.5, 0.6) is 0 Å². The van der Waals surface area contributed by atoms with E-state index in [4.69, 9.17) is 10.8 Å². The lowest BCUT2D eigenvalue weighted by Crippen LogP contribution is -2.35. The van der Waals surface area contributed by atoms with Crippen LogP contribution in [0.25, 0.3) is 10.8 Å². The summed E-state index contributed by atoms with van der Waals surface area (Å²) in [5.41, 5.74) is 5.42. The summed E-state index contributed by atoms with van der Waals surface area (Å²) in [5.74, 6) is -2.26. The minimum Gasteiger partial charge on any atom is -0.480 e. The van der Waals surface area contributed by atoms with E-state index < -0.39 is 23.2 Å². The highest BCUT2D eigenvalue weighted by Crippen LogP contribution is 2.29. The van der Waals surface area contributed by atoms with Gasteiger partial charge in [-0.3, -0.25) is 9.59 Å². The van der Waals surface area contributed by atoms with Crippen LogP contribution in [-0.2, 0) is 9.59 Å². The Morgan fingerprint density at radius 3 is 2.33 bits per heavy atom. The first-order chi connectivity index (χ1) is 9.97. The SMILES string of the molecule is N[C@@H](CC(Sc1ccc2ccccc2c1)C(=O)O)C(=O)O. The van der Waals surface area contributed by atoms with Crippen LogP contribution in [0.1, 0.15) is 6.42 Å². The van der Waals surface area contributed by atoms with Crippen LogP contribution in [0, 0.1) is 0 Å². The van der Waals surface area contributed by atoms with Gasteiger partial charge in [0.05, 0.1) is 0 Å². The van der Waals surface area contributed by atoms with E-state index in [0.29, 0.717) is 0 Å². The molecule has 0 amide bonds. The number of thioether (sulfide) groups is 1. The van der Waals surface area contributed by atoms with Crippen LogP contribution in [0.4, 0.5) is 0 Å². The summed E-state index contributed by atoms with van der Waals surface area (Å²) in [6.07, 6.45) is -0.123. The van der Waals surface area contributed by atoms with Crippen LogP contribution in [0.15, 0.2) is 47.4 Å². The Kier molecular flexibility index (Phi) is 4.82. The fraction of sp³-hybridized carbons (Fsp3) is 0.200. The fourth-order valence-electron chi connectivity index (χ4n) is 1.94. The third-order valence-electron chi connectivity index (χ3n) is 3.06. The first-order valence-corrected chi connectivity index (χ1v) is 7.22. The van der Waals surface area contributed by atoms with E-state index >= 15 is 0 Å². The van der Waals surface area contributed by atoms with E-state index in [-0.39, 0.29) is 6.42 Å². The second kappa shape index (κ2) is 6.60. The monoisotopic (exact) mass is 305 g/mol. The minimum atomic E-state index is -1.19. The molecule has 0 fully saturated rings. The molecule has 0 radical (unpaired) electrons. The van der Waals surface area contributed by atoms with Crippen molar-refractivity contribution < 1.29 is 19.8 Å². The van der Waals surface area contributed by atoms with Gasteiger partial charge in [0.25, 0.3) is 0 Å². The van der Waals surface area contributed by atoms with E-state index in [1.165, 1.54) is 0 Å². The van der Waals surface area contributed by atoms with Crippen molar-refractivity contribution in [1.29, 1.82) is 0 Å². The lowest BCUT2D eigenvalue weighted by Gasteiger charge is -2.14. The summed E-state index contributed by atoms with van der Waals surface area (Å²) < 4.78 is 0. The summed E-state index contributed by atoms with van der Waals surface area (Å²) in [7, 11) is 0. The molecule has 0 heterocycles. The van der Waals surface area contributed by atoms with Gasteiger partial charge in [0.1, 0.15) is 11.3 Å². The van der Waals surface area contributed by atoms with Crippen molar-refractivity contribution in [3.05, 3.63) is 42.5 Å². The molecule has 2 aromatic carbocycles. The molecule has 6 heteroatoms. The van der Waals surface area contributed by atoms with E-state index in [1.807, 2.05) is 42.5 Å². The number of carboxylic acids is 2. The number of carboxylic acid groups (broad SMARTS) is 2. The Balaban J connectivity index is 2.18. The van der Waals surface area contributed by atoms with Crippen LogP contribution in [0.2, 0.25) is 0 Å². The number of benzene rings is 2. The normalized spacial score (nSPS) is 13.8. The molecular formula is C15H15NO4S. The highest BCUT2D eigenvalue weighted by atomic mass is 32.2. The van der Waals surface area contributed by atoms with Gasteiger partial charge in [-0.1, -0.05) is 30.3 Å². The zero-order valence-electron chi connectivity index (χ0n) is 11.1. The highest BCUT2D eigenvalue weighted by Gasteiger charge is 2.25. The molecule has 110 valence electrons. The maximum absolute atomic E-state index is 11.3. The van der Waals surface area contributed by atoms with Gasteiger partial charge in [-0.25, -0.2) is 0 Å². The molecule has 0 bridgehead atoms. The predicted molar refractivity (Wildman–Crippen MR) is 81.5 cm³/mol. The number of hydrogen-bond acceptors (Lipinski definition) is 4. The number of carbonyl (C=O) groups is 2. The smallest absolute Gasteiger partial charge is 0.320 e. The van der Waals surface area contributed by atoms with Crippen molar-refractivity contribution >= 4 is 34.5 Å². The fourth-order valence-corrected chi connectivity index (χ4v) is 3.01. The van der Waals surface area contributed by atoms with Crippen LogP contribution in [0.3, 0.4) is 0 Å².